The van der Waals surface area contributed by atoms with E-state index in [4.69, 9.17) is 4.74 Å². The highest BCUT2D eigenvalue weighted by atomic mass is 16.5. The fraction of sp³-hybridized carbons (Fsp3) is 0.909. The molecule has 0 spiro atoms. The largest absolute Gasteiger partial charge is 0.371 e. The van der Waals surface area contributed by atoms with Gasteiger partial charge in [0, 0.05) is 6.61 Å². The molecule has 76 valence electrons. The van der Waals surface area contributed by atoms with Crippen LogP contribution in [0.3, 0.4) is 0 Å². The van der Waals surface area contributed by atoms with Gasteiger partial charge in [0.05, 0.1) is 0 Å². The van der Waals surface area contributed by atoms with Crippen LogP contribution in [0.4, 0.5) is 0 Å². The van der Waals surface area contributed by atoms with Gasteiger partial charge in [-0.25, -0.2) is 0 Å². The van der Waals surface area contributed by atoms with Gasteiger partial charge < -0.3 is 9.53 Å². The van der Waals surface area contributed by atoms with E-state index in [1.807, 2.05) is 0 Å². The molecule has 1 rings (SSSR count). The van der Waals surface area contributed by atoms with Gasteiger partial charge >= 0.3 is 0 Å². The number of rotatable bonds is 1. The van der Waals surface area contributed by atoms with E-state index in [1.54, 1.807) is 0 Å². The van der Waals surface area contributed by atoms with E-state index in [0.29, 0.717) is 0 Å². The normalized spacial score (nSPS) is 27.5. The Balaban J connectivity index is 2.22. The van der Waals surface area contributed by atoms with Crippen LogP contribution in [0.1, 0.15) is 51.4 Å². The first-order valence-corrected chi connectivity index (χ1v) is 5.50. The zero-order chi connectivity index (χ0) is 9.36. The molecule has 1 aliphatic heterocycles. The summed E-state index contributed by atoms with van der Waals surface area (Å²) in [5, 5.41) is 0. The quantitative estimate of drug-likeness (QED) is 0.586. The number of ether oxygens (including phenoxy) is 1. The van der Waals surface area contributed by atoms with Gasteiger partial charge in [0.1, 0.15) is 12.4 Å². The second kappa shape index (κ2) is 7.07. The van der Waals surface area contributed by atoms with Gasteiger partial charge in [0.15, 0.2) is 0 Å². The Morgan fingerprint density at radius 3 is 2.23 bits per heavy atom. The Morgan fingerprint density at radius 2 is 1.54 bits per heavy atom. The molecule has 0 bridgehead atoms. The molecule has 1 atom stereocenters. The highest BCUT2D eigenvalue weighted by Gasteiger charge is 2.07. The zero-order valence-electron chi connectivity index (χ0n) is 8.34. The van der Waals surface area contributed by atoms with Crippen LogP contribution in [0, 0.1) is 0 Å². The number of carbonyl (C=O) groups excluding carboxylic acids is 1. The van der Waals surface area contributed by atoms with Gasteiger partial charge in [-0.2, -0.15) is 0 Å². The third-order valence-corrected chi connectivity index (χ3v) is 2.62. The molecular weight excluding hydrogens is 164 g/mol. The maximum atomic E-state index is 10.6. The summed E-state index contributed by atoms with van der Waals surface area (Å²) >= 11 is 0. The molecule has 0 saturated carbocycles. The van der Waals surface area contributed by atoms with Gasteiger partial charge in [-0.1, -0.05) is 38.5 Å². The first kappa shape index (κ1) is 10.7. The van der Waals surface area contributed by atoms with Crippen LogP contribution >= 0.6 is 0 Å². The van der Waals surface area contributed by atoms with E-state index < -0.39 is 0 Å². The maximum absolute atomic E-state index is 10.6. The molecule has 2 nitrogen and oxygen atoms in total. The van der Waals surface area contributed by atoms with Crippen LogP contribution in [0.2, 0.25) is 0 Å². The predicted molar refractivity (Wildman–Crippen MR) is 52.7 cm³/mol. The molecule has 0 aliphatic carbocycles. The SMILES string of the molecule is O=CC1CCCCCCCCCO1. The monoisotopic (exact) mass is 184 g/mol. The number of carbonyl (C=O) groups is 1. The summed E-state index contributed by atoms with van der Waals surface area (Å²) in [6.45, 7) is 0.767. The smallest absolute Gasteiger partial charge is 0.148 e. The third-order valence-electron chi connectivity index (χ3n) is 2.62. The van der Waals surface area contributed by atoms with Crippen molar-refractivity contribution in [2.45, 2.75) is 57.5 Å². The molecule has 0 radical (unpaired) electrons. The molecule has 0 N–H and O–H groups in total. The second-order valence-corrected chi connectivity index (χ2v) is 3.81. The second-order valence-electron chi connectivity index (χ2n) is 3.81. The third kappa shape index (κ3) is 5.04. The van der Waals surface area contributed by atoms with Gasteiger partial charge in [-0.05, 0) is 12.8 Å². The Kier molecular flexibility index (Phi) is 5.83. The fourth-order valence-corrected chi connectivity index (χ4v) is 1.76. The van der Waals surface area contributed by atoms with Crippen molar-refractivity contribution in [3.8, 4) is 0 Å². The molecule has 1 aliphatic rings. The predicted octanol–water partition coefficient (Wildman–Crippen LogP) is 2.70. The van der Waals surface area contributed by atoms with Crippen molar-refractivity contribution in [3.05, 3.63) is 0 Å². The first-order valence-electron chi connectivity index (χ1n) is 5.50. The van der Waals surface area contributed by atoms with Crippen molar-refractivity contribution < 1.29 is 9.53 Å². The summed E-state index contributed by atoms with van der Waals surface area (Å²) in [5.74, 6) is 0. The molecule has 1 saturated heterocycles. The Labute approximate surface area is 80.7 Å². The lowest BCUT2D eigenvalue weighted by Gasteiger charge is -2.10. The van der Waals surface area contributed by atoms with Crippen LogP contribution in [-0.4, -0.2) is 19.0 Å². The maximum Gasteiger partial charge on any atom is 0.148 e. The number of aldehydes is 1. The fourth-order valence-electron chi connectivity index (χ4n) is 1.76. The van der Waals surface area contributed by atoms with Crippen LogP contribution in [0.25, 0.3) is 0 Å². The van der Waals surface area contributed by atoms with Gasteiger partial charge in [-0.3, -0.25) is 0 Å². The molecule has 1 heterocycles. The van der Waals surface area contributed by atoms with Crippen LogP contribution in [0.15, 0.2) is 0 Å². The Bertz CT molecular complexity index is 122. The van der Waals surface area contributed by atoms with Crippen molar-refractivity contribution in [1.82, 2.24) is 0 Å². The first-order chi connectivity index (χ1) is 6.43. The minimum Gasteiger partial charge on any atom is -0.371 e. The minimum absolute atomic E-state index is 0.127. The van der Waals surface area contributed by atoms with Crippen LogP contribution in [-0.2, 0) is 9.53 Å². The molecule has 0 amide bonds. The molecule has 0 aromatic heterocycles. The van der Waals surface area contributed by atoms with Crippen molar-refractivity contribution in [2.75, 3.05) is 6.61 Å². The topological polar surface area (TPSA) is 26.3 Å². The average molecular weight is 184 g/mol. The summed E-state index contributed by atoms with van der Waals surface area (Å²) in [4.78, 5) is 10.6. The molecule has 1 fully saturated rings. The summed E-state index contributed by atoms with van der Waals surface area (Å²) in [6, 6.07) is 0. The lowest BCUT2D eigenvalue weighted by molar-refractivity contribution is -0.118. The van der Waals surface area contributed by atoms with Crippen LogP contribution < -0.4 is 0 Å². The van der Waals surface area contributed by atoms with Crippen molar-refractivity contribution >= 4 is 6.29 Å². The summed E-state index contributed by atoms with van der Waals surface area (Å²) in [6.07, 6.45) is 10.5. The Morgan fingerprint density at radius 1 is 0.923 bits per heavy atom. The highest BCUT2D eigenvalue weighted by Crippen LogP contribution is 2.13. The van der Waals surface area contributed by atoms with Gasteiger partial charge in [0.25, 0.3) is 0 Å². The van der Waals surface area contributed by atoms with Gasteiger partial charge in [-0.15, -0.1) is 0 Å². The average Bonchev–Trinajstić information content (AvgIpc) is 2.22. The summed E-state index contributed by atoms with van der Waals surface area (Å²) in [5.41, 5.74) is 0. The number of hydrogen-bond donors (Lipinski definition) is 0. The molecule has 0 aromatic rings. The van der Waals surface area contributed by atoms with Gasteiger partial charge in [0.2, 0.25) is 0 Å². The van der Waals surface area contributed by atoms with E-state index in [2.05, 4.69) is 0 Å². The number of hydrogen-bond acceptors (Lipinski definition) is 2. The summed E-state index contributed by atoms with van der Waals surface area (Å²) in [7, 11) is 0. The zero-order valence-corrected chi connectivity index (χ0v) is 8.34. The molecule has 2 heteroatoms. The molecule has 0 aromatic carbocycles. The van der Waals surface area contributed by atoms with E-state index in [9.17, 15) is 4.79 Å². The Hall–Kier alpha value is -0.370. The van der Waals surface area contributed by atoms with Crippen molar-refractivity contribution in [3.63, 3.8) is 0 Å². The molecular formula is C11H20O2. The minimum atomic E-state index is -0.127. The molecule has 1 unspecified atom stereocenters. The lowest BCUT2D eigenvalue weighted by Crippen LogP contribution is -2.15. The van der Waals surface area contributed by atoms with Crippen LogP contribution in [0.5, 0.6) is 0 Å². The van der Waals surface area contributed by atoms with E-state index in [0.717, 1.165) is 32.2 Å². The summed E-state index contributed by atoms with van der Waals surface area (Å²) < 4.78 is 5.46. The van der Waals surface area contributed by atoms with Crippen molar-refractivity contribution in [1.29, 1.82) is 0 Å². The standard InChI is InChI=1S/C11H20O2/c12-10-11-8-6-4-2-1-3-5-7-9-13-11/h10-11H,1-9H2. The van der Waals surface area contributed by atoms with E-state index in [1.165, 1.54) is 32.1 Å². The van der Waals surface area contributed by atoms with Crippen molar-refractivity contribution in [2.24, 2.45) is 0 Å². The van der Waals surface area contributed by atoms with E-state index >= 15 is 0 Å². The van der Waals surface area contributed by atoms with E-state index in [-0.39, 0.29) is 6.10 Å². The lowest BCUT2D eigenvalue weighted by atomic mass is 10.1. The molecule has 13 heavy (non-hydrogen) atoms. The highest BCUT2D eigenvalue weighted by molar-refractivity contribution is 5.55.